The van der Waals surface area contributed by atoms with Crippen molar-refractivity contribution >= 4 is 11.6 Å². The van der Waals surface area contributed by atoms with Gasteiger partial charge in [-0.05, 0) is 32.3 Å². The molecule has 0 radical (unpaired) electrons. The van der Waals surface area contributed by atoms with Crippen molar-refractivity contribution in [1.29, 1.82) is 5.26 Å². The van der Waals surface area contributed by atoms with E-state index < -0.39 is 5.41 Å². The normalized spacial score (nSPS) is 22.2. The Hall–Kier alpha value is -1.95. The number of rotatable bonds is 4. The fourth-order valence-electron chi connectivity index (χ4n) is 2.66. The van der Waals surface area contributed by atoms with E-state index in [1.807, 2.05) is 25.1 Å². The minimum Gasteiger partial charge on any atom is -0.298 e. The Morgan fingerprint density at radius 1 is 1.47 bits per heavy atom. The lowest BCUT2D eigenvalue weighted by atomic mass is 9.81. The van der Waals surface area contributed by atoms with Gasteiger partial charge in [0.15, 0.2) is 11.6 Å². The minimum atomic E-state index is -0.903. The van der Waals surface area contributed by atoms with Crippen molar-refractivity contribution in [3.05, 3.63) is 35.4 Å². The lowest BCUT2D eigenvalue weighted by Crippen LogP contribution is -2.24. The first kappa shape index (κ1) is 13.5. The van der Waals surface area contributed by atoms with E-state index in [-0.39, 0.29) is 18.0 Å². The molecule has 0 aromatic heterocycles. The number of ketones is 2. The van der Waals surface area contributed by atoms with Gasteiger partial charge in [0.1, 0.15) is 5.41 Å². The maximum absolute atomic E-state index is 12.1. The maximum Gasteiger partial charge on any atom is 0.162 e. The monoisotopic (exact) mass is 255 g/mol. The predicted octanol–water partition coefficient (Wildman–Crippen LogP) is 3.22. The molecule has 0 N–H and O–H groups in total. The van der Waals surface area contributed by atoms with Crippen LogP contribution in [0, 0.1) is 23.7 Å². The highest BCUT2D eigenvalue weighted by molar-refractivity contribution is 5.97. The smallest absolute Gasteiger partial charge is 0.162 e. The molecule has 1 saturated carbocycles. The van der Waals surface area contributed by atoms with Crippen LogP contribution in [0.15, 0.2) is 24.3 Å². The molecule has 0 heterocycles. The Morgan fingerprint density at radius 2 is 2.26 bits per heavy atom. The molecule has 0 unspecified atom stereocenters. The molecule has 19 heavy (non-hydrogen) atoms. The second-order valence-corrected chi connectivity index (χ2v) is 5.26. The highest BCUT2D eigenvalue weighted by atomic mass is 16.1. The summed E-state index contributed by atoms with van der Waals surface area (Å²) in [5.41, 5.74) is 0.802. The van der Waals surface area contributed by atoms with Crippen LogP contribution < -0.4 is 0 Å². The Labute approximate surface area is 113 Å². The van der Waals surface area contributed by atoms with Crippen LogP contribution in [0.1, 0.15) is 48.0 Å². The standard InChI is InChI=1S/C16H17NO2/c1-12-4-2-5-13(10-12)14(18)7-9-16(11-17)8-3-6-15(16)19/h2,4-5,10H,3,6-9H2,1H3/t16-/m1/s1. The van der Waals surface area contributed by atoms with Gasteiger partial charge in [0.05, 0.1) is 6.07 Å². The molecule has 3 heteroatoms. The lowest BCUT2D eigenvalue weighted by Gasteiger charge is -2.17. The second kappa shape index (κ2) is 5.36. The molecule has 1 aliphatic carbocycles. The summed E-state index contributed by atoms with van der Waals surface area (Å²) in [5.74, 6) is 0.0186. The van der Waals surface area contributed by atoms with Crippen molar-refractivity contribution in [2.75, 3.05) is 0 Å². The molecule has 0 bridgehead atoms. The van der Waals surface area contributed by atoms with Crippen LogP contribution in [0.2, 0.25) is 0 Å². The van der Waals surface area contributed by atoms with Crippen LogP contribution in [-0.2, 0) is 4.79 Å². The number of nitriles is 1. The average molecular weight is 255 g/mol. The Bertz CT molecular complexity index is 556. The van der Waals surface area contributed by atoms with Gasteiger partial charge in [0, 0.05) is 18.4 Å². The molecule has 0 aliphatic heterocycles. The van der Waals surface area contributed by atoms with Crippen LogP contribution >= 0.6 is 0 Å². The fraction of sp³-hybridized carbons (Fsp3) is 0.438. The second-order valence-electron chi connectivity index (χ2n) is 5.26. The molecule has 1 aliphatic rings. The zero-order chi connectivity index (χ0) is 13.9. The van der Waals surface area contributed by atoms with Gasteiger partial charge < -0.3 is 0 Å². The van der Waals surface area contributed by atoms with Crippen LogP contribution in [0.5, 0.6) is 0 Å². The lowest BCUT2D eigenvalue weighted by molar-refractivity contribution is -0.123. The zero-order valence-corrected chi connectivity index (χ0v) is 11.1. The summed E-state index contributed by atoms with van der Waals surface area (Å²) in [7, 11) is 0. The van der Waals surface area contributed by atoms with E-state index in [0.29, 0.717) is 24.8 Å². The van der Waals surface area contributed by atoms with E-state index in [2.05, 4.69) is 6.07 Å². The number of benzene rings is 1. The number of carbonyl (C=O) groups is 2. The number of hydrogen-bond acceptors (Lipinski definition) is 3. The number of aryl methyl sites for hydroxylation is 1. The molecule has 0 amide bonds. The van der Waals surface area contributed by atoms with Crippen LogP contribution in [0.3, 0.4) is 0 Å². The van der Waals surface area contributed by atoms with Crippen molar-refractivity contribution in [3.63, 3.8) is 0 Å². The van der Waals surface area contributed by atoms with E-state index in [0.717, 1.165) is 12.0 Å². The van der Waals surface area contributed by atoms with Gasteiger partial charge in [-0.3, -0.25) is 9.59 Å². The summed E-state index contributed by atoms with van der Waals surface area (Å²) >= 11 is 0. The summed E-state index contributed by atoms with van der Waals surface area (Å²) in [4.78, 5) is 23.9. The van der Waals surface area contributed by atoms with Gasteiger partial charge in [0.25, 0.3) is 0 Å². The molecule has 1 fully saturated rings. The third-order valence-corrected chi connectivity index (χ3v) is 3.87. The quantitative estimate of drug-likeness (QED) is 0.776. The molecule has 2 rings (SSSR count). The summed E-state index contributed by atoms with van der Waals surface area (Å²) < 4.78 is 0. The highest BCUT2D eigenvalue weighted by Gasteiger charge is 2.42. The molecular formula is C16H17NO2. The molecule has 1 aromatic carbocycles. The molecule has 98 valence electrons. The summed E-state index contributed by atoms with van der Waals surface area (Å²) in [6.45, 7) is 1.94. The van der Waals surface area contributed by atoms with E-state index in [4.69, 9.17) is 0 Å². The highest BCUT2D eigenvalue weighted by Crippen LogP contribution is 2.38. The first-order valence-electron chi connectivity index (χ1n) is 6.62. The number of nitrogens with zero attached hydrogens (tertiary/aromatic N) is 1. The van der Waals surface area contributed by atoms with Gasteiger partial charge in [-0.25, -0.2) is 0 Å². The molecule has 1 aromatic rings. The summed E-state index contributed by atoms with van der Waals surface area (Å²) in [6, 6.07) is 9.56. The van der Waals surface area contributed by atoms with Gasteiger partial charge in [-0.2, -0.15) is 5.26 Å². The van der Waals surface area contributed by atoms with Gasteiger partial charge in [-0.15, -0.1) is 0 Å². The van der Waals surface area contributed by atoms with Crippen molar-refractivity contribution < 1.29 is 9.59 Å². The molecule has 0 saturated heterocycles. The van der Waals surface area contributed by atoms with E-state index in [1.54, 1.807) is 6.07 Å². The summed E-state index contributed by atoms with van der Waals surface area (Å²) in [5, 5.41) is 9.23. The van der Waals surface area contributed by atoms with E-state index in [1.165, 1.54) is 0 Å². The number of Topliss-reactive ketones (excluding diaryl/α,β-unsaturated/α-hetero) is 2. The predicted molar refractivity (Wildman–Crippen MR) is 71.6 cm³/mol. The van der Waals surface area contributed by atoms with E-state index in [9.17, 15) is 14.9 Å². The Balaban J connectivity index is 2.05. The minimum absolute atomic E-state index is 0.00652. The average Bonchev–Trinajstić information content (AvgIpc) is 2.78. The molecule has 3 nitrogen and oxygen atoms in total. The van der Waals surface area contributed by atoms with Crippen LogP contribution in [0.25, 0.3) is 0 Å². The molecular weight excluding hydrogens is 238 g/mol. The van der Waals surface area contributed by atoms with Gasteiger partial charge in [-0.1, -0.05) is 23.8 Å². The van der Waals surface area contributed by atoms with E-state index >= 15 is 0 Å². The van der Waals surface area contributed by atoms with Crippen molar-refractivity contribution in [2.24, 2.45) is 5.41 Å². The first-order chi connectivity index (χ1) is 9.07. The first-order valence-corrected chi connectivity index (χ1v) is 6.62. The SMILES string of the molecule is Cc1cccc(C(=O)CC[C@@]2(C#N)CCCC2=O)c1. The largest absolute Gasteiger partial charge is 0.298 e. The topological polar surface area (TPSA) is 57.9 Å². The molecule has 1 atom stereocenters. The third-order valence-electron chi connectivity index (χ3n) is 3.87. The van der Waals surface area contributed by atoms with Gasteiger partial charge >= 0.3 is 0 Å². The van der Waals surface area contributed by atoms with Crippen LogP contribution in [0.4, 0.5) is 0 Å². The Morgan fingerprint density at radius 3 is 2.84 bits per heavy atom. The fourth-order valence-corrected chi connectivity index (χ4v) is 2.66. The zero-order valence-electron chi connectivity index (χ0n) is 11.1. The molecule has 0 spiro atoms. The van der Waals surface area contributed by atoms with Crippen molar-refractivity contribution in [1.82, 2.24) is 0 Å². The Kier molecular flexibility index (Phi) is 3.80. The van der Waals surface area contributed by atoms with Crippen molar-refractivity contribution in [2.45, 2.75) is 39.0 Å². The van der Waals surface area contributed by atoms with Gasteiger partial charge in [0.2, 0.25) is 0 Å². The van der Waals surface area contributed by atoms with Crippen LogP contribution in [-0.4, -0.2) is 11.6 Å². The summed E-state index contributed by atoms with van der Waals surface area (Å²) in [6.07, 6.45) is 2.47. The maximum atomic E-state index is 12.1. The number of hydrogen-bond donors (Lipinski definition) is 0. The number of carbonyl (C=O) groups excluding carboxylic acids is 2. The third kappa shape index (κ3) is 2.73. The van der Waals surface area contributed by atoms with Crippen molar-refractivity contribution in [3.8, 4) is 6.07 Å².